The summed E-state index contributed by atoms with van der Waals surface area (Å²) in [7, 11) is 0. The highest BCUT2D eigenvalue weighted by Crippen LogP contribution is 2.25. The van der Waals surface area contributed by atoms with Gasteiger partial charge in [-0.1, -0.05) is 25.3 Å². The lowest BCUT2D eigenvalue weighted by molar-refractivity contribution is 0.209. The highest BCUT2D eigenvalue weighted by atomic mass is 16.5. The Bertz CT molecular complexity index is 360. The Morgan fingerprint density at radius 1 is 1.21 bits per heavy atom. The van der Waals surface area contributed by atoms with Crippen LogP contribution >= 0.6 is 0 Å². The Kier molecular flexibility index (Phi) is 6.71. The maximum absolute atomic E-state index is 5.93. The standard InChI is InChI=1S/C16H25NO.H3N/c1-13(2)17-15-9-6-10-16(11-15)18-12-14-7-4-3-5-8-14;/h6,9-11,13-14,17H,3-5,7-8,12H2,1-2H3;1H3. The third-order valence-corrected chi connectivity index (χ3v) is 3.50. The van der Waals surface area contributed by atoms with Gasteiger partial charge in [0, 0.05) is 17.8 Å². The van der Waals surface area contributed by atoms with E-state index in [4.69, 9.17) is 4.74 Å². The number of anilines is 1. The molecule has 4 N–H and O–H groups in total. The molecule has 1 saturated carbocycles. The number of ether oxygens (including phenoxy) is 1. The monoisotopic (exact) mass is 264 g/mol. The molecule has 1 aliphatic carbocycles. The van der Waals surface area contributed by atoms with Gasteiger partial charge in [0.2, 0.25) is 0 Å². The van der Waals surface area contributed by atoms with Crippen LogP contribution in [0.3, 0.4) is 0 Å². The number of hydrogen-bond acceptors (Lipinski definition) is 3. The van der Waals surface area contributed by atoms with Crippen molar-refractivity contribution in [3.05, 3.63) is 24.3 Å². The Morgan fingerprint density at radius 3 is 2.63 bits per heavy atom. The van der Waals surface area contributed by atoms with Gasteiger partial charge < -0.3 is 16.2 Å². The summed E-state index contributed by atoms with van der Waals surface area (Å²) < 4.78 is 5.93. The van der Waals surface area contributed by atoms with Crippen molar-refractivity contribution < 1.29 is 4.74 Å². The number of nitrogens with one attached hydrogen (secondary N) is 1. The van der Waals surface area contributed by atoms with Crippen molar-refractivity contribution >= 4 is 5.69 Å². The maximum atomic E-state index is 5.93. The summed E-state index contributed by atoms with van der Waals surface area (Å²) in [5.41, 5.74) is 1.14. The van der Waals surface area contributed by atoms with Crippen LogP contribution in [0.15, 0.2) is 24.3 Å². The molecule has 1 aromatic rings. The molecule has 0 aliphatic heterocycles. The van der Waals surface area contributed by atoms with Gasteiger partial charge >= 0.3 is 0 Å². The Balaban J connectivity index is 0.00000180. The molecule has 108 valence electrons. The third kappa shape index (κ3) is 5.52. The fourth-order valence-corrected chi connectivity index (χ4v) is 2.58. The minimum absolute atomic E-state index is 0. The fraction of sp³-hybridized carbons (Fsp3) is 0.625. The van der Waals surface area contributed by atoms with Gasteiger partial charge in [-0.05, 0) is 44.7 Å². The Morgan fingerprint density at radius 2 is 1.95 bits per heavy atom. The van der Waals surface area contributed by atoms with Gasteiger partial charge in [0.25, 0.3) is 0 Å². The SMILES string of the molecule is CC(C)Nc1cccc(OCC2CCCCC2)c1.N. The largest absolute Gasteiger partial charge is 0.493 e. The summed E-state index contributed by atoms with van der Waals surface area (Å²) in [6.45, 7) is 5.18. The third-order valence-electron chi connectivity index (χ3n) is 3.50. The van der Waals surface area contributed by atoms with Gasteiger partial charge in [-0.15, -0.1) is 0 Å². The molecule has 0 spiro atoms. The second-order valence-electron chi connectivity index (χ2n) is 5.64. The van der Waals surface area contributed by atoms with Crippen molar-refractivity contribution in [3.63, 3.8) is 0 Å². The maximum Gasteiger partial charge on any atom is 0.121 e. The van der Waals surface area contributed by atoms with Crippen LogP contribution in [0.1, 0.15) is 46.0 Å². The molecule has 0 amide bonds. The fourth-order valence-electron chi connectivity index (χ4n) is 2.58. The molecule has 0 unspecified atom stereocenters. The summed E-state index contributed by atoms with van der Waals surface area (Å²) in [6, 6.07) is 8.75. The highest BCUT2D eigenvalue weighted by Gasteiger charge is 2.13. The Labute approximate surface area is 117 Å². The van der Waals surface area contributed by atoms with Gasteiger partial charge in [-0.3, -0.25) is 0 Å². The molecule has 19 heavy (non-hydrogen) atoms. The second-order valence-corrected chi connectivity index (χ2v) is 5.64. The second kappa shape index (κ2) is 8.05. The van der Waals surface area contributed by atoms with Crippen molar-refractivity contribution in [2.75, 3.05) is 11.9 Å². The molecular formula is C16H28N2O. The van der Waals surface area contributed by atoms with Crippen LogP contribution in [0.2, 0.25) is 0 Å². The molecule has 0 atom stereocenters. The van der Waals surface area contributed by atoms with Gasteiger partial charge in [0.15, 0.2) is 0 Å². The molecule has 3 heteroatoms. The summed E-state index contributed by atoms with van der Waals surface area (Å²) in [5.74, 6) is 1.76. The average molecular weight is 264 g/mol. The van der Waals surface area contributed by atoms with Crippen molar-refractivity contribution in [3.8, 4) is 5.75 Å². The molecule has 0 radical (unpaired) electrons. The molecule has 1 aromatic carbocycles. The van der Waals surface area contributed by atoms with Crippen molar-refractivity contribution in [2.45, 2.75) is 52.0 Å². The first-order valence-corrected chi connectivity index (χ1v) is 7.23. The molecule has 2 rings (SSSR count). The first kappa shape index (κ1) is 15.8. The predicted octanol–water partition coefficient (Wildman–Crippen LogP) is 4.63. The smallest absolute Gasteiger partial charge is 0.121 e. The zero-order chi connectivity index (χ0) is 12.8. The van der Waals surface area contributed by atoms with E-state index in [9.17, 15) is 0 Å². The first-order valence-electron chi connectivity index (χ1n) is 7.23. The van der Waals surface area contributed by atoms with E-state index in [0.29, 0.717) is 6.04 Å². The minimum atomic E-state index is 0. The summed E-state index contributed by atoms with van der Waals surface area (Å²) >= 11 is 0. The van der Waals surface area contributed by atoms with Crippen LogP contribution in [0, 0.1) is 5.92 Å². The molecule has 3 nitrogen and oxygen atoms in total. The van der Waals surface area contributed by atoms with Crippen molar-refractivity contribution in [1.82, 2.24) is 6.15 Å². The van der Waals surface area contributed by atoms with Crippen LogP contribution in [0.5, 0.6) is 5.75 Å². The van der Waals surface area contributed by atoms with E-state index < -0.39 is 0 Å². The lowest BCUT2D eigenvalue weighted by Crippen LogP contribution is -2.15. The van der Waals surface area contributed by atoms with Crippen LogP contribution < -0.4 is 16.2 Å². The quantitative estimate of drug-likeness (QED) is 0.815. The van der Waals surface area contributed by atoms with Gasteiger partial charge in [0.05, 0.1) is 6.61 Å². The lowest BCUT2D eigenvalue weighted by Gasteiger charge is -2.22. The van der Waals surface area contributed by atoms with Gasteiger partial charge in [-0.2, -0.15) is 0 Å². The average Bonchev–Trinajstić information content (AvgIpc) is 2.37. The summed E-state index contributed by atoms with van der Waals surface area (Å²) in [4.78, 5) is 0. The van der Waals surface area contributed by atoms with E-state index in [-0.39, 0.29) is 6.15 Å². The molecule has 0 heterocycles. The van der Waals surface area contributed by atoms with E-state index in [2.05, 4.69) is 37.4 Å². The molecule has 0 aromatic heterocycles. The van der Waals surface area contributed by atoms with E-state index in [1.807, 2.05) is 6.07 Å². The van der Waals surface area contributed by atoms with Crippen LogP contribution in [0.25, 0.3) is 0 Å². The number of hydrogen-bond donors (Lipinski definition) is 2. The van der Waals surface area contributed by atoms with Crippen LogP contribution in [0.4, 0.5) is 5.69 Å². The number of benzene rings is 1. The zero-order valence-corrected chi connectivity index (χ0v) is 12.3. The molecular weight excluding hydrogens is 236 g/mol. The first-order chi connectivity index (χ1) is 8.74. The lowest BCUT2D eigenvalue weighted by atomic mass is 9.90. The van der Waals surface area contributed by atoms with Gasteiger partial charge in [0.1, 0.15) is 5.75 Å². The van der Waals surface area contributed by atoms with E-state index in [1.54, 1.807) is 0 Å². The van der Waals surface area contributed by atoms with Gasteiger partial charge in [-0.25, -0.2) is 0 Å². The molecule has 0 bridgehead atoms. The molecule has 0 saturated heterocycles. The minimum Gasteiger partial charge on any atom is -0.493 e. The zero-order valence-electron chi connectivity index (χ0n) is 12.3. The van der Waals surface area contributed by atoms with Crippen molar-refractivity contribution in [2.24, 2.45) is 5.92 Å². The topological polar surface area (TPSA) is 56.3 Å². The van der Waals surface area contributed by atoms with Crippen LogP contribution in [-0.2, 0) is 0 Å². The Hall–Kier alpha value is -1.22. The molecule has 1 aliphatic rings. The van der Waals surface area contributed by atoms with Crippen LogP contribution in [-0.4, -0.2) is 12.6 Å². The summed E-state index contributed by atoms with van der Waals surface area (Å²) in [6.07, 6.45) is 6.84. The van der Waals surface area contributed by atoms with E-state index >= 15 is 0 Å². The number of rotatable bonds is 5. The summed E-state index contributed by atoms with van der Waals surface area (Å²) in [5, 5.41) is 3.40. The highest BCUT2D eigenvalue weighted by molar-refractivity contribution is 5.48. The van der Waals surface area contributed by atoms with Crippen molar-refractivity contribution in [1.29, 1.82) is 0 Å². The molecule has 1 fully saturated rings. The normalized spacial score (nSPS) is 15.9. The van der Waals surface area contributed by atoms with E-state index in [0.717, 1.165) is 24.0 Å². The predicted molar refractivity (Wildman–Crippen MR) is 82.3 cm³/mol. The van der Waals surface area contributed by atoms with E-state index in [1.165, 1.54) is 32.1 Å².